The number of amides is 1. The van der Waals surface area contributed by atoms with E-state index in [1.165, 1.54) is 10.4 Å². The number of aliphatic hydroxyl groups is 1. The van der Waals surface area contributed by atoms with Crippen LogP contribution in [0, 0.1) is 6.92 Å². The van der Waals surface area contributed by atoms with Gasteiger partial charge in [0, 0.05) is 11.9 Å². The smallest absolute Gasteiger partial charge is 0.264 e. The molecule has 2 unspecified atom stereocenters. The van der Waals surface area contributed by atoms with Gasteiger partial charge in [-0.15, -0.1) is 11.3 Å². The van der Waals surface area contributed by atoms with Crippen LogP contribution in [0.3, 0.4) is 0 Å². The fraction of sp³-hybridized carbons (Fsp3) is 0.667. The number of aryl methyl sites for hydroxylation is 2. The quantitative estimate of drug-likeness (QED) is 0.925. The van der Waals surface area contributed by atoms with Gasteiger partial charge in [0.05, 0.1) is 17.0 Å². The highest BCUT2D eigenvalue weighted by molar-refractivity contribution is 7.14. The lowest BCUT2D eigenvalue weighted by Gasteiger charge is -2.34. The number of carbonyl (C=O) groups is 1. The fourth-order valence-corrected chi connectivity index (χ4v) is 3.94. The first-order chi connectivity index (χ1) is 9.04. The molecule has 1 amide bonds. The van der Waals surface area contributed by atoms with Gasteiger partial charge in [0.25, 0.3) is 5.91 Å². The summed E-state index contributed by atoms with van der Waals surface area (Å²) >= 11 is 1.57. The monoisotopic (exact) mass is 281 g/mol. The minimum Gasteiger partial charge on any atom is -0.391 e. The highest BCUT2D eigenvalue weighted by Gasteiger charge is 2.30. The Balaban J connectivity index is 2.13. The summed E-state index contributed by atoms with van der Waals surface area (Å²) in [5.74, 6) is 0.0544. The first-order valence-corrected chi connectivity index (χ1v) is 7.90. The van der Waals surface area contributed by atoms with Gasteiger partial charge < -0.3 is 10.0 Å². The molecule has 2 rings (SSSR count). The van der Waals surface area contributed by atoms with Crippen molar-refractivity contribution in [2.24, 2.45) is 0 Å². The number of thiophene rings is 1. The van der Waals surface area contributed by atoms with Gasteiger partial charge in [-0.25, -0.2) is 0 Å². The highest BCUT2D eigenvalue weighted by atomic mass is 32.1. The Morgan fingerprint density at radius 2 is 2.16 bits per heavy atom. The molecule has 0 aromatic carbocycles. The van der Waals surface area contributed by atoms with Crippen molar-refractivity contribution >= 4 is 17.2 Å². The van der Waals surface area contributed by atoms with Gasteiger partial charge >= 0.3 is 0 Å². The van der Waals surface area contributed by atoms with E-state index in [1.54, 1.807) is 16.2 Å². The van der Waals surface area contributed by atoms with Gasteiger partial charge in [-0.2, -0.15) is 0 Å². The van der Waals surface area contributed by atoms with E-state index in [0.717, 1.165) is 37.0 Å². The molecule has 2 atom stereocenters. The standard InChI is InChI=1S/C15H23NO2S/c1-4-11-9-14(19-10(11)2)15(18)16(3)12-7-5-6-8-13(12)17/h9,12-13,17H,4-8H2,1-3H3. The van der Waals surface area contributed by atoms with Crippen LogP contribution < -0.4 is 0 Å². The van der Waals surface area contributed by atoms with Gasteiger partial charge in [-0.3, -0.25) is 4.79 Å². The maximum atomic E-state index is 12.5. The molecule has 0 aliphatic heterocycles. The molecule has 1 aliphatic rings. The number of hydrogen-bond acceptors (Lipinski definition) is 3. The molecule has 1 N–H and O–H groups in total. The molecule has 1 fully saturated rings. The van der Waals surface area contributed by atoms with Gasteiger partial charge in [0.1, 0.15) is 0 Å². The van der Waals surface area contributed by atoms with Crippen LogP contribution >= 0.6 is 11.3 Å². The molecular formula is C15H23NO2S. The molecule has 0 radical (unpaired) electrons. The normalized spacial score (nSPS) is 23.4. The summed E-state index contributed by atoms with van der Waals surface area (Å²) in [4.78, 5) is 16.3. The van der Waals surface area contributed by atoms with Gasteiger partial charge in [-0.05, 0) is 37.8 Å². The van der Waals surface area contributed by atoms with Crippen LogP contribution in [-0.2, 0) is 6.42 Å². The second-order valence-corrected chi connectivity index (χ2v) is 6.64. The van der Waals surface area contributed by atoms with Crippen molar-refractivity contribution in [3.63, 3.8) is 0 Å². The fourth-order valence-electron chi connectivity index (χ4n) is 2.84. The summed E-state index contributed by atoms with van der Waals surface area (Å²) in [6.45, 7) is 4.17. The largest absolute Gasteiger partial charge is 0.391 e. The van der Waals surface area contributed by atoms with Crippen LogP contribution in [0.2, 0.25) is 0 Å². The number of hydrogen-bond donors (Lipinski definition) is 1. The molecule has 19 heavy (non-hydrogen) atoms. The Morgan fingerprint density at radius 3 is 2.74 bits per heavy atom. The van der Waals surface area contributed by atoms with Crippen LogP contribution in [0.5, 0.6) is 0 Å². The number of rotatable bonds is 3. The molecule has 3 nitrogen and oxygen atoms in total. The average molecular weight is 281 g/mol. The molecule has 1 heterocycles. The summed E-state index contributed by atoms with van der Waals surface area (Å²) in [5, 5.41) is 10.1. The van der Waals surface area contributed by atoms with Crippen LogP contribution in [0.25, 0.3) is 0 Å². The van der Waals surface area contributed by atoms with Crippen molar-refractivity contribution in [1.29, 1.82) is 0 Å². The second-order valence-electron chi connectivity index (χ2n) is 5.38. The van der Waals surface area contributed by atoms with Gasteiger partial charge in [-0.1, -0.05) is 19.8 Å². The lowest BCUT2D eigenvalue weighted by molar-refractivity contribution is 0.0271. The molecular weight excluding hydrogens is 258 g/mol. The number of likely N-dealkylation sites (N-methyl/N-ethyl adjacent to an activating group) is 1. The van der Waals surface area contributed by atoms with E-state index >= 15 is 0 Å². The summed E-state index contributed by atoms with van der Waals surface area (Å²) in [6, 6.07) is 1.99. The topological polar surface area (TPSA) is 40.5 Å². The molecule has 1 saturated carbocycles. The molecule has 0 saturated heterocycles. The summed E-state index contributed by atoms with van der Waals surface area (Å²) in [6.07, 6.45) is 4.49. The molecule has 0 bridgehead atoms. The van der Waals surface area contributed by atoms with Crippen molar-refractivity contribution in [2.45, 2.75) is 58.1 Å². The van der Waals surface area contributed by atoms with Crippen molar-refractivity contribution in [2.75, 3.05) is 7.05 Å². The molecule has 0 spiro atoms. The molecule has 1 aromatic heterocycles. The lowest BCUT2D eigenvalue weighted by atomic mass is 9.91. The molecule has 106 valence electrons. The van der Waals surface area contributed by atoms with E-state index in [9.17, 15) is 9.90 Å². The summed E-state index contributed by atoms with van der Waals surface area (Å²) in [7, 11) is 1.82. The third kappa shape index (κ3) is 3.00. The minimum absolute atomic E-state index is 0.0197. The van der Waals surface area contributed by atoms with Crippen molar-refractivity contribution in [3.8, 4) is 0 Å². The zero-order valence-corrected chi connectivity index (χ0v) is 12.8. The van der Waals surface area contributed by atoms with E-state index in [0.29, 0.717) is 0 Å². The van der Waals surface area contributed by atoms with Crippen LogP contribution in [0.1, 0.15) is 52.7 Å². The second kappa shape index (κ2) is 6.06. The van der Waals surface area contributed by atoms with Crippen LogP contribution in [0.15, 0.2) is 6.07 Å². The average Bonchev–Trinajstić information content (AvgIpc) is 2.79. The Morgan fingerprint density at radius 1 is 1.47 bits per heavy atom. The number of aliphatic hydroxyl groups excluding tert-OH is 1. The minimum atomic E-state index is -0.366. The first-order valence-electron chi connectivity index (χ1n) is 7.09. The summed E-state index contributed by atoms with van der Waals surface area (Å²) in [5.41, 5.74) is 1.26. The summed E-state index contributed by atoms with van der Waals surface area (Å²) < 4.78 is 0. The first kappa shape index (κ1) is 14.5. The van der Waals surface area contributed by atoms with Crippen LogP contribution in [0.4, 0.5) is 0 Å². The SMILES string of the molecule is CCc1cc(C(=O)N(C)C2CCCCC2O)sc1C. The molecule has 1 aromatic rings. The van der Waals surface area contributed by atoms with Gasteiger partial charge in [0.2, 0.25) is 0 Å². The molecule has 4 heteroatoms. The number of nitrogens with zero attached hydrogens (tertiary/aromatic N) is 1. The third-order valence-corrected chi connectivity index (χ3v) is 5.20. The Hall–Kier alpha value is -0.870. The third-order valence-electron chi connectivity index (χ3n) is 4.12. The maximum Gasteiger partial charge on any atom is 0.264 e. The zero-order chi connectivity index (χ0) is 14.0. The van der Waals surface area contributed by atoms with Crippen molar-refractivity contribution in [1.82, 2.24) is 4.90 Å². The van der Waals surface area contributed by atoms with E-state index in [4.69, 9.17) is 0 Å². The highest BCUT2D eigenvalue weighted by Crippen LogP contribution is 2.27. The lowest BCUT2D eigenvalue weighted by Crippen LogP contribution is -2.46. The van der Waals surface area contributed by atoms with Crippen LogP contribution in [-0.4, -0.2) is 35.1 Å². The zero-order valence-electron chi connectivity index (χ0n) is 12.0. The van der Waals surface area contributed by atoms with E-state index in [2.05, 4.69) is 13.8 Å². The van der Waals surface area contributed by atoms with Crippen molar-refractivity contribution < 1.29 is 9.90 Å². The number of carbonyl (C=O) groups excluding carboxylic acids is 1. The predicted molar refractivity (Wildman–Crippen MR) is 78.8 cm³/mol. The Kier molecular flexibility index (Phi) is 4.63. The Bertz CT molecular complexity index is 455. The van der Waals surface area contributed by atoms with E-state index < -0.39 is 0 Å². The van der Waals surface area contributed by atoms with E-state index in [-0.39, 0.29) is 18.1 Å². The van der Waals surface area contributed by atoms with E-state index in [1.807, 2.05) is 13.1 Å². The van der Waals surface area contributed by atoms with Crippen molar-refractivity contribution in [3.05, 3.63) is 21.4 Å². The van der Waals surface area contributed by atoms with Gasteiger partial charge in [0.15, 0.2) is 0 Å². The molecule has 1 aliphatic carbocycles. The predicted octanol–water partition coefficient (Wildman–Crippen LogP) is 2.99. The Labute approximate surface area is 119 Å². The maximum absolute atomic E-state index is 12.5.